The fourth-order valence-corrected chi connectivity index (χ4v) is 0.830. The summed E-state index contributed by atoms with van der Waals surface area (Å²) in [6.45, 7) is 7.25. The smallest absolute Gasteiger partial charge is 0.154 e. The first-order valence-electron chi connectivity index (χ1n) is 4.89. The average Bonchev–Trinajstić information content (AvgIpc) is 2.22. The van der Waals surface area contributed by atoms with Crippen molar-refractivity contribution in [3.05, 3.63) is 30.6 Å². The third-order valence-electron chi connectivity index (χ3n) is 1.37. The van der Waals surface area contributed by atoms with Crippen LogP contribution in [0.3, 0.4) is 0 Å². The van der Waals surface area contributed by atoms with Crippen molar-refractivity contribution in [3.8, 4) is 0 Å². The lowest BCUT2D eigenvalue weighted by Gasteiger charge is -2.09. The van der Waals surface area contributed by atoms with Crippen LogP contribution in [-0.2, 0) is 9.47 Å². The molecule has 0 saturated carbocycles. The van der Waals surface area contributed by atoms with E-state index in [1.165, 1.54) is 0 Å². The van der Waals surface area contributed by atoms with Gasteiger partial charge in [0.25, 0.3) is 0 Å². The molecule has 3 nitrogen and oxygen atoms in total. The molecule has 3 heteroatoms. The number of hydrogen-bond acceptors (Lipinski definition) is 3. The molecule has 0 bridgehead atoms. The minimum Gasteiger partial charge on any atom is -0.353 e. The molecule has 1 aromatic heterocycles. The second kappa shape index (κ2) is 10.2. The third kappa shape index (κ3) is 9.16. The summed E-state index contributed by atoms with van der Waals surface area (Å²) in [5.41, 5.74) is 0. The van der Waals surface area contributed by atoms with E-state index in [9.17, 15) is 0 Å². The molecule has 0 spiro atoms. The number of ether oxygens (including phenoxy) is 2. The lowest BCUT2D eigenvalue weighted by atomic mass is 10.5. The molecule has 0 aliphatic heterocycles. The predicted octanol–water partition coefficient (Wildman–Crippen LogP) is 2.49. The SMILES string of the molecule is CCOC(C)OCC.c1ccncc1. The summed E-state index contributed by atoms with van der Waals surface area (Å²) in [5.74, 6) is 0. The molecule has 0 fully saturated rings. The van der Waals surface area contributed by atoms with E-state index in [2.05, 4.69) is 4.98 Å². The van der Waals surface area contributed by atoms with Crippen LogP contribution in [-0.4, -0.2) is 24.5 Å². The normalized spacial score (nSPS) is 9.43. The summed E-state index contributed by atoms with van der Waals surface area (Å²) in [5, 5.41) is 0. The molecule has 0 radical (unpaired) electrons. The quantitative estimate of drug-likeness (QED) is 0.695. The maximum Gasteiger partial charge on any atom is 0.154 e. The van der Waals surface area contributed by atoms with Crippen LogP contribution in [0.25, 0.3) is 0 Å². The van der Waals surface area contributed by atoms with E-state index < -0.39 is 0 Å². The van der Waals surface area contributed by atoms with Gasteiger partial charge >= 0.3 is 0 Å². The topological polar surface area (TPSA) is 31.4 Å². The summed E-state index contributed by atoms with van der Waals surface area (Å²) in [4.78, 5) is 3.78. The Morgan fingerprint density at radius 1 is 1.00 bits per heavy atom. The zero-order valence-corrected chi connectivity index (χ0v) is 9.14. The third-order valence-corrected chi connectivity index (χ3v) is 1.37. The van der Waals surface area contributed by atoms with E-state index in [0.29, 0.717) is 0 Å². The number of rotatable bonds is 4. The van der Waals surface area contributed by atoms with Gasteiger partial charge in [0, 0.05) is 25.6 Å². The van der Waals surface area contributed by atoms with Gasteiger partial charge in [0.2, 0.25) is 0 Å². The van der Waals surface area contributed by atoms with Gasteiger partial charge in [0.15, 0.2) is 6.29 Å². The van der Waals surface area contributed by atoms with Crippen LogP contribution < -0.4 is 0 Å². The second-order valence-corrected chi connectivity index (χ2v) is 2.50. The molecule has 1 aromatic rings. The Balaban J connectivity index is 0.000000249. The fourth-order valence-electron chi connectivity index (χ4n) is 0.830. The molecular weight excluding hydrogens is 178 g/mol. The van der Waals surface area contributed by atoms with Gasteiger partial charge in [-0.15, -0.1) is 0 Å². The maximum atomic E-state index is 5.06. The van der Waals surface area contributed by atoms with Crippen LogP contribution in [0.1, 0.15) is 20.8 Å². The molecule has 0 aliphatic carbocycles. The van der Waals surface area contributed by atoms with Crippen molar-refractivity contribution in [1.29, 1.82) is 0 Å². The van der Waals surface area contributed by atoms with Crippen LogP contribution in [0.15, 0.2) is 30.6 Å². The van der Waals surface area contributed by atoms with Crippen molar-refractivity contribution >= 4 is 0 Å². The molecule has 1 heterocycles. The van der Waals surface area contributed by atoms with Crippen LogP contribution >= 0.6 is 0 Å². The summed E-state index contributed by atoms with van der Waals surface area (Å²) in [6.07, 6.45) is 3.46. The molecule has 0 amide bonds. The van der Waals surface area contributed by atoms with Crippen LogP contribution in [0, 0.1) is 0 Å². The van der Waals surface area contributed by atoms with E-state index in [4.69, 9.17) is 9.47 Å². The van der Waals surface area contributed by atoms with Crippen molar-refractivity contribution in [3.63, 3.8) is 0 Å². The number of pyridine rings is 1. The van der Waals surface area contributed by atoms with Gasteiger partial charge in [-0.2, -0.15) is 0 Å². The highest BCUT2D eigenvalue weighted by Gasteiger charge is 1.94. The Morgan fingerprint density at radius 2 is 1.50 bits per heavy atom. The zero-order valence-electron chi connectivity index (χ0n) is 9.14. The van der Waals surface area contributed by atoms with E-state index in [-0.39, 0.29) is 6.29 Å². The Bertz CT molecular complexity index is 159. The minimum absolute atomic E-state index is 0.0370. The van der Waals surface area contributed by atoms with Crippen molar-refractivity contribution < 1.29 is 9.47 Å². The molecule has 0 N–H and O–H groups in total. The molecule has 80 valence electrons. The van der Waals surface area contributed by atoms with E-state index in [0.717, 1.165) is 13.2 Å². The fraction of sp³-hybridized carbons (Fsp3) is 0.545. The molecule has 0 aliphatic rings. The van der Waals surface area contributed by atoms with Gasteiger partial charge in [-0.1, -0.05) is 6.07 Å². The first-order valence-corrected chi connectivity index (χ1v) is 4.89. The largest absolute Gasteiger partial charge is 0.353 e. The Morgan fingerprint density at radius 3 is 1.71 bits per heavy atom. The van der Waals surface area contributed by atoms with Crippen LogP contribution in [0.5, 0.6) is 0 Å². The van der Waals surface area contributed by atoms with Gasteiger partial charge in [0.05, 0.1) is 0 Å². The molecule has 0 saturated heterocycles. The van der Waals surface area contributed by atoms with Crippen molar-refractivity contribution in [1.82, 2.24) is 4.98 Å². The van der Waals surface area contributed by atoms with Crippen molar-refractivity contribution in [2.75, 3.05) is 13.2 Å². The summed E-state index contributed by atoms with van der Waals surface area (Å²) >= 11 is 0. The first kappa shape index (κ1) is 13.1. The van der Waals surface area contributed by atoms with E-state index >= 15 is 0 Å². The highest BCUT2D eigenvalue weighted by molar-refractivity contribution is 4.88. The molecule has 0 atom stereocenters. The lowest BCUT2D eigenvalue weighted by molar-refractivity contribution is -0.123. The first-order chi connectivity index (χ1) is 6.81. The second-order valence-electron chi connectivity index (χ2n) is 2.50. The number of nitrogens with zero attached hydrogens (tertiary/aromatic N) is 1. The van der Waals surface area contributed by atoms with Crippen LogP contribution in [0.4, 0.5) is 0 Å². The lowest BCUT2D eigenvalue weighted by Crippen LogP contribution is -2.11. The van der Waals surface area contributed by atoms with Crippen LogP contribution in [0.2, 0.25) is 0 Å². The Kier molecular flexibility index (Phi) is 9.48. The van der Waals surface area contributed by atoms with Gasteiger partial charge < -0.3 is 9.47 Å². The Labute approximate surface area is 86.1 Å². The van der Waals surface area contributed by atoms with Gasteiger partial charge in [-0.25, -0.2) is 0 Å². The molecule has 0 aromatic carbocycles. The average molecular weight is 197 g/mol. The van der Waals surface area contributed by atoms with Gasteiger partial charge in [0.1, 0.15) is 0 Å². The van der Waals surface area contributed by atoms with E-state index in [1.54, 1.807) is 12.4 Å². The number of hydrogen-bond donors (Lipinski definition) is 0. The predicted molar refractivity (Wildman–Crippen MR) is 57.0 cm³/mol. The number of aromatic nitrogens is 1. The van der Waals surface area contributed by atoms with Crippen molar-refractivity contribution in [2.24, 2.45) is 0 Å². The van der Waals surface area contributed by atoms with Crippen molar-refractivity contribution in [2.45, 2.75) is 27.1 Å². The summed E-state index contributed by atoms with van der Waals surface area (Å²) < 4.78 is 10.1. The highest BCUT2D eigenvalue weighted by Crippen LogP contribution is 1.90. The standard InChI is InChI=1S/C6H14O2.C5H5N/c1-4-7-6(3)8-5-2;1-2-4-6-5-3-1/h6H,4-5H2,1-3H3;1-5H. The molecule has 0 unspecified atom stereocenters. The maximum absolute atomic E-state index is 5.06. The molecule has 1 rings (SSSR count). The van der Waals surface area contributed by atoms with E-state index in [1.807, 2.05) is 39.0 Å². The Hall–Kier alpha value is -0.930. The monoisotopic (exact) mass is 197 g/mol. The summed E-state index contributed by atoms with van der Waals surface area (Å²) in [7, 11) is 0. The highest BCUT2D eigenvalue weighted by atomic mass is 16.7. The molecular formula is C11H19NO2. The summed E-state index contributed by atoms with van der Waals surface area (Å²) in [6, 6.07) is 5.72. The van der Waals surface area contributed by atoms with Gasteiger partial charge in [-0.05, 0) is 32.9 Å². The van der Waals surface area contributed by atoms with Gasteiger partial charge in [-0.3, -0.25) is 4.98 Å². The minimum atomic E-state index is -0.0370. The zero-order chi connectivity index (χ0) is 10.6. The molecule has 14 heavy (non-hydrogen) atoms.